The van der Waals surface area contributed by atoms with E-state index in [4.69, 9.17) is 0 Å². The first-order chi connectivity index (χ1) is 12.0. The van der Waals surface area contributed by atoms with Gasteiger partial charge in [0.05, 0.1) is 0 Å². The number of carbonyl (C=O) groups is 1. The van der Waals surface area contributed by atoms with Crippen LogP contribution in [0.3, 0.4) is 0 Å². The highest BCUT2D eigenvalue weighted by molar-refractivity contribution is 5.88. The number of rotatable bonds is 2. The topological polar surface area (TPSA) is 32.3 Å². The summed E-state index contributed by atoms with van der Waals surface area (Å²) in [6.45, 7) is 0.719. The predicted octanol–water partition coefficient (Wildman–Crippen LogP) is 3.66. The summed E-state index contributed by atoms with van der Waals surface area (Å²) < 4.78 is 28.5. The van der Waals surface area contributed by atoms with Gasteiger partial charge in [0.2, 0.25) is 5.91 Å². The standard InChI is InChI=1S/C20H20F2N2O/c1-24-11-10-20(19(24)25)9-8-18(23-20)15-12-13(6-7-17(15)22)14-4-2-3-5-16(14)21/h2-7,12,18,23H,8-11H2,1H3/t18-,20+/m1/s1. The van der Waals surface area contributed by atoms with Crippen LogP contribution in [0.2, 0.25) is 0 Å². The molecule has 2 aromatic carbocycles. The van der Waals surface area contributed by atoms with Crippen LogP contribution in [0.25, 0.3) is 11.1 Å². The molecule has 0 unspecified atom stereocenters. The van der Waals surface area contributed by atoms with E-state index in [1.165, 1.54) is 12.1 Å². The highest BCUT2D eigenvalue weighted by Gasteiger charge is 2.50. The number of hydrogen-bond donors (Lipinski definition) is 1. The summed E-state index contributed by atoms with van der Waals surface area (Å²) in [4.78, 5) is 14.2. The number of likely N-dealkylation sites (tertiary alicyclic amines) is 1. The summed E-state index contributed by atoms with van der Waals surface area (Å²) in [6, 6.07) is 10.9. The van der Waals surface area contributed by atoms with E-state index in [0.717, 1.165) is 13.0 Å². The van der Waals surface area contributed by atoms with Gasteiger partial charge < -0.3 is 4.90 Å². The Kier molecular flexibility index (Phi) is 3.84. The molecule has 0 bridgehead atoms. The highest BCUT2D eigenvalue weighted by atomic mass is 19.1. The molecule has 0 saturated carbocycles. The summed E-state index contributed by atoms with van der Waals surface area (Å²) >= 11 is 0. The van der Waals surface area contributed by atoms with Gasteiger partial charge in [-0.1, -0.05) is 24.3 Å². The zero-order valence-electron chi connectivity index (χ0n) is 14.1. The smallest absolute Gasteiger partial charge is 0.242 e. The average Bonchev–Trinajstić information content (AvgIpc) is 3.16. The van der Waals surface area contributed by atoms with E-state index in [0.29, 0.717) is 29.5 Å². The minimum absolute atomic E-state index is 0.0840. The first kappa shape index (κ1) is 16.2. The van der Waals surface area contributed by atoms with Gasteiger partial charge in [-0.25, -0.2) is 8.78 Å². The van der Waals surface area contributed by atoms with Crippen LogP contribution in [0, 0.1) is 11.6 Å². The minimum Gasteiger partial charge on any atom is -0.344 e. The van der Waals surface area contributed by atoms with Gasteiger partial charge in [0.1, 0.15) is 17.2 Å². The molecule has 0 radical (unpaired) electrons. The van der Waals surface area contributed by atoms with Gasteiger partial charge >= 0.3 is 0 Å². The molecule has 0 aromatic heterocycles. The molecule has 5 heteroatoms. The highest BCUT2D eigenvalue weighted by Crippen LogP contribution is 2.40. The molecule has 0 aliphatic carbocycles. The Morgan fingerprint density at radius 1 is 1.12 bits per heavy atom. The van der Waals surface area contributed by atoms with Crippen LogP contribution in [0.1, 0.15) is 30.9 Å². The summed E-state index contributed by atoms with van der Waals surface area (Å²) in [5, 5.41) is 3.37. The van der Waals surface area contributed by atoms with E-state index in [2.05, 4.69) is 5.32 Å². The molecule has 2 aliphatic rings. The summed E-state index contributed by atoms with van der Waals surface area (Å²) in [7, 11) is 1.80. The maximum Gasteiger partial charge on any atom is 0.242 e. The number of nitrogens with zero attached hydrogens (tertiary/aromatic N) is 1. The van der Waals surface area contributed by atoms with Gasteiger partial charge in [-0.2, -0.15) is 0 Å². The van der Waals surface area contributed by atoms with Gasteiger partial charge in [0.25, 0.3) is 0 Å². The summed E-state index contributed by atoms with van der Waals surface area (Å²) in [5.41, 5.74) is 1.03. The Labute approximate surface area is 145 Å². The Bertz CT molecular complexity index is 838. The Morgan fingerprint density at radius 2 is 1.92 bits per heavy atom. The van der Waals surface area contributed by atoms with Crippen LogP contribution in [0.5, 0.6) is 0 Å². The number of carbonyl (C=O) groups excluding carboxylic acids is 1. The van der Waals surface area contributed by atoms with Crippen LogP contribution >= 0.6 is 0 Å². The van der Waals surface area contributed by atoms with Crippen molar-refractivity contribution in [3.63, 3.8) is 0 Å². The van der Waals surface area contributed by atoms with Crippen LogP contribution in [0.4, 0.5) is 8.78 Å². The number of halogens is 2. The van der Waals surface area contributed by atoms with Crippen molar-refractivity contribution in [1.29, 1.82) is 0 Å². The number of hydrogen-bond acceptors (Lipinski definition) is 2. The van der Waals surface area contributed by atoms with Crippen LogP contribution in [-0.4, -0.2) is 29.9 Å². The Balaban J connectivity index is 1.67. The lowest BCUT2D eigenvalue weighted by atomic mass is 9.95. The molecule has 2 atom stereocenters. The maximum atomic E-state index is 14.5. The molecule has 2 fully saturated rings. The molecule has 4 rings (SSSR count). The van der Waals surface area contributed by atoms with E-state index < -0.39 is 5.54 Å². The SMILES string of the molecule is CN1CC[C@@]2(CC[C@H](c3cc(-c4ccccc4F)ccc3F)N2)C1=O. The van der Waals surface area contributed by atoms with Crippen molar-refractivity contribution in [3.8, 4) is 11.1 Å². The van der Waals surface area contributed by atoms with Crippen molar-refractivity contribution in [2.75, 3.05) is 13.6 Å². The summed E-state index contributed by atoms with van der Waals surface area (Å²) in [6.07, 6.45) is 2.13. The van der Waals surface area contributed by atoms with E-state index in [1.54, 1.807) is 42.3 Å². The normalized spacial score (nSPS) is 26.0. The van der Waals surface area contributed by atoms with Crippen molar-refractivity contribution < 1.29 is 13.6 Å². The fourth-order valence-electron chi connectivity index (χ4n) is 4.07. The third-order valence-corrected chi connectivity index (χ3v) is 5.50. The lowest BCUT2D eigenvalue weighted by Gasteiger charge is -2.24. The monoisotopic (exact) mass is 342 g/mol. The van der Waals surface area contributed by atoms with E-state index in [9.17, 15) is 13.6 Å². The number of likely N-dealkylation sites (N-methyl/N-ethyl adjacent to an activating group) is 1. The van der Waals surface area contributed by atoms with Gasteiger partial charge in [0.15, 0.2) is 0 Å². The van der Waals surface area contributed by atoms with Gasteiger partial charge in [-0.3, -0.25) is 10.1 Å². The molecule has 2 aromatic rings. The fourth-order valence-corrected chi connectivity index (χ4v) is 4.07. The molecule has 2 aliphatic heterocycles. The van der Waals surface area contributed by atoms with Crippen molar-refractivity contribution in [1.82, 2.24) is 10.2 Å². The third kappa shape index (κ3) is 2.63. The van der Waals surface area contributed by atoms with Crippen molar-refractivity contribution in [3.05, 3.63) is 59.7 Å². The van der Waals surface area contributed by atoms with Crippen LogP contribution < -0.4 is 5.32 Å². The maximum absolute atomic E-state index is 14.5. The lowest BCUT2D eigenvalue weighted by molar-refractivity contribution is -0.131. The largest absolute Gasteiger partial charge is 0.344 e. The fraction of sp³-hybridized carbons (Fsp3) is 0.350. The van der Waals surface area contributed by atoms with Gasteiger partial charge in [-0.15, -0.1) is 0 Å². The van der Waals surface area contributed by atoms with Crippen LogP contribution in [-0.2, 0) is 4.79 Å². The molecule has 130 valence electrons. The zero-order chi connectivity index (χ0) is 17.6. The number of benzene rings is 2. The third-order valence-electron chi connectivity index (χ3n) is 5.50. The van der Waals surface area contributed by atoms with Crippen LogP contribution in [0.15, 0.2) is 42.5 Å². The Hall–Kier alpha value is -2.27. The van der Waals surface area contributed by atoms with Crippen molar-refractivity contribution in [2.24, 2.45) is 0 Å². The first-order valence-electron chi connectivity index (χ1n) is 8.58. The van der Waals surface area contributed by atoms with Gasteiger partial charge in [0, 0.05) is 30.8 Å². The van der Waals surface area contributed by atoms with Crippen molar-refractivity contribution >= 4 is 5.91 Å². The second kappa shape index (κ2) is 5.92. The molecule has 2 heterocycles. The molecular weight excluding hydrogens is 322 g/mol. The van der Waals surface area contributed by atoms with E-state index >= 15 is 0 Å². The molecule has 1 spiro atoms. The molecule has 2 saturated heterocycles. The molecule has 1 amide bonds. The summed E-state index contributed by atoms with van der Waals surface area (Å²) in [5.74, 6) is -0.572. The molecule has 25 heavy (non-hydrogen) atoms. The predicted molar refractivity (Wildman–Crippen MR) is 91.9 cm³/mol. The zero-order valence-corrected chi connectivity index (χ0v) is 14.1. The van der Waals surface area contributed by atoms with Crippen molar-refractivity contribution in [2.45, 2.75) is 30.8 Å². The van der Waals surface area contributed by atoms with Gasteiger partial charge in [-0.05, 0) is 43.0 Å². The molecule has 3 nitrogen and oxygen atoms in total. The lowest BCUT2D eigenvalue weighted by Crippen LogP contribution is -2.47. The van der Waals surface area contributed by atoms with E-state index in [1.807, 2.05) is 0 Å². The number of nitrogens with one attached hydrogen (secondary N) is 1. The number of amides is 1. The van der Waals surface area contributed by atoms with E-state index in [-0.39, 0.29) is 23.6 Å². The quantitative estimate of drug-likeness (QED) is 0.903. The molecular formula is C20H20F2N2O. The molecule has 1 N–H and O–H groups in total. The second-order valence-electron chi connectivity index (χ2n) is 7.01. The first-order valence-corrected chi connectivity index (χ1v) is 8.58. The second-order valence-corrected chi connectivity index (χ2v) is 7.01. The Morgan fingerprint density at radius 3 is 2.64 bits per heavy atom. The minimum atomic E-state index is -0.570. The average molecular weight is 342 g/mol.